The van der Waals surface area contributed by atoms with Crippen LogP contribution in [-0.4, -0.2) is 0 Å². The number of nitrogens with zero attached hydrogens (tertiary/aromatic N) is 1. The van der Waals surface area contributed by atoms with Gasteiger partial charge in [0.25, 0.3) is 5.82 Å². The molecule has 3 rings (SSSR count). The van der Waals surface area contributed by atoms with Crippen molar-refractivity contribution in [1.82, 2.24) is 0 Å². The molecule has 1 heterocycles. The van der Waals surface area contributed by atoms with Gasteiger partial charge in [0.15, 0.2) is 0 Å². The normalized spacial score (nSPS) is 14.4. The fraction of sp³-hybridized carbons (Fsp3) is 0.429. The summed E-state index contributed by atoms with van der Waals surface area (Å²) in [6.07, 6.45) is 6.92. The maximum absolute atomic E-state index is 9.77. The smallest absolute Gasteiger partial charge is 0.286 e. The molecule has 3 N–H and O–H groups in total. The number of fused-ring (bicyclic) bond motifs is 1. The maximum atomic E-state index is 9.77. The first kappa shape index (κ1) is 16.5. The topological polar surface area (TPSA) is 64.0 Å². The number of nitrogens with two attached hydrogens (primary N) is 1. The van der Waals surface area contributed by atoms with Crippen LogP contribution in [0.3, 0.4) is 0 Å². The van der Waals surface area contributed by atoms with Gasteiger partial charge in [0.2, 0.25) is 0 Å². The van der Waals surface area contributed by atoms with Crippen LogP contribution in [0.1, 0.15) is 59.2 Å². The molecule has 1 aromatic carbocycles. The highest BCUT2D eigenvalue weighted by Crippen LogP contribution is 2.37. The van der Waals surface area contributed by atoms with Crippen LogP contribution in [0.15, 0.2) is 12.1 Å². The Balaban J connectivity index is 2.36. The SMILES string of the molecule is Cc1cc(C)c(-c2c(C#N)c(N)[nH+]c3c2CCCCCC3)c(C)c1. The Morgan fingerprint density at radius 3 is 2.21 bits per heavy atom. The lowest BCUT2D eigenvalue weighted by molar-refractivity contribution is -0.374. The van der Waals surface area contributed by atoms with Gasteiger partial charge in [-0.2, -0.15) is 5.26 Å². The van der Waals surface area contributed by atoms with E-state index in [4.69, 9.17) is 5.73 Å². The minimum absolute atomic E-state index is 0.506. The Labute approximate surface area is 144 Å². The molecule has 0 atom stereocenters. The number of nitriles is 1. The summed E-state index contributed by atoms with van der Waals surface area (Å²) in [4.78, 5) is 3.33. The van der Waals surface area contributed by atoms with Crippen molar-refractivity contribution in [2.45, 2.75) is 59.3 Å². The number of hydrogen-bond acceptors (Lipinski definition) is 2. The minimum atomic E-state index is 0.506. The highest BCUT2D eigenvalue weighted by molar-refractivity contribution is 5.82. The minimum Gasteiger partial charge on any atom is -0.286 e. The molecule has 1 aliphatic carbocycles. The van der Waals surface area contributed by atoms with Crippen molar-refractivity contribution in [3.8, 4) is 17.2 Å². The fourth-order valence-corrected chi connectivity index (χ4v) is 4.15. The Hall–Kier alpha value is -2.34. The number of pyridine rings is 1. The Kier molecular flexibility index (Phi) is 4.57. The van der Waals surface area contributed by atoms with Crippen molar-refractivity contribution in [1.29, 1.82) is 5.26 Å². The van der Waals surface area contributed by atoms with Crippen molar-refractivity contribution in [2.24, 2.45) is 0 Å². The average Bonchev–Trinajstić information content (AvgIpc) is 2.48. The fourth-order valence-electron chi connectivity index (χ4n) is 4.15. The number of hydrogen-bond donors (Lipinski definition) is 1. The van der Waals surface area contributed by atoms with E-state index >= 15 is 0 Å². The van der Waals surface area contributed by atoms with E-state index in [2.05, 4.69) is 44.0 Å². The average molecular weight is 320 g/mol. The van der Waals surface area contributed by atoms with Crippen LogP contribution in [0.5, 0.6) is 0 Å². The van der Waals surface area contributed by atoms with Gasteiger partial charge in [0.1, 0.15) is 17.3 Å². The summed E-state index contributed by atoms with van der Waals surface area (Å²) in [6, 6.07) is 6.76. The van der Waals surface area contributed by atoms with Gasteiger partial charge in [-0.1, -0.05) is 30.5 Å². The molecule has 0 fully saturated rings. The molecule has 3 heteroatoms. The van der Waals surface area contributed by atoms with Crippen LogP contribution in [0.25, 0.3) is 11.1 Å². The van der Waals surface area contributed by atoms with E-state index in [0.29, 0.717) is 11.4 Å². The van der Waals surface area contributed by atoms with Crippen LogP contribution < -0.4 is 10.7 Å². The van der Waals surface area contributed by atoms with Gasteiger partial charge >= 0.3 is 0 Å². The predicted molar refractivity (Wildman–Crippen MR) is 97.6 cm³/mol. The molecule has 0 bridgehead atoms. The summed E-state index contributed by atoms with van der Waals surface area (Å²) in [5.74, 6) is 0.506. The molecular weight excluding hydrogens is 294 g/mol. The molecule has 1 aliphatic rings. The molecule has 24 heavy (non-hydrogen) atoms. The van der Waals surface area contributed by atoms with E-state index < -0.39 is 0 Å². The number of aromatic amines is 1. The van der Waals surface area contributed by atoms with Gasteiger partial charge in [-0.15, -0.1) is 0 Å². The lowest BCUT2D eigenvalue weighted by Gasteiger charge is -2.20. The second-order valence-corrected chi connectivity index (χ2v) is 7.05. The second kappa shape index (κ2) is 6.65. The molecule has 0 amide bonds. The van der Waals surface area contributed by atoms with Crippen molar-refractivity contribution in [3.63, 3.8) is 0 Å². The first-order valence-corrected chi connectivity index (χ1v) is 8.87. The van der Waals surface area contributed by atoms with E-state index in [1.54, 1.807) is 0 Å². The summed E-state index contributed by atoms with van der Waals surface area (Å²) in [7, 11) is 0. The van der Waals surface area contributed by atoms with Crippen LogP contribution in [0, 0.1) is 32.1 Å². The molecule has 0 aliphatic heterocycles. The summed E-state index contributed by atoms with van der Waals surface area (Å²) in [5.41, 5.74) is 15.3. The number of rotatable bonds is 1. The second-order valence-electron chi connectivity index (χ2n) is 7.05. The zero-order valence-corrected chi connectivity index (χ0v) is 14.9. The van der Waals surface area contributed by atoms with E-state index in [0.717, 1.165) is 18.4 Å². The molecule has 0 radical (unpaired) electrons. The van der Waals surface area contributed by atoms with Gasteiger partial charge < -0.3 is 0 Å². The molecule has 0 spiro atoms. The van der Waals surface area contributed by atoms with Crippen molar-refractivity contribution in [3.05, 3.63) is 45.6 Å². The third-order valence-corrected chi connectivity index (χ3v) is 5.11. The molecule has 0 saturated carbocycles. The monoisotopic (exact) mass is 320 g/mol. The molecule has 124 valence electrons. The Bertz CT molecular complexity index is 805. The van der Waals surface area contributed by atoms with Gasteiger partial charge in [-0.05, 0) is 56.7 Å². The third kappa shape index (κ3) is 2.89. The van der Waals surface area contributed by atoms with Gasteiger partial charge in [-0.25, -0.2) is 4.98 Å². The standard InChI is InChI=1S/C21H25N3/c1-13-10-14(2)19(15(3)11-13)20-16-8-6-4-5-7-9-18(16)24-21(23)17(20)12-22/h10-11H,4-9H2,1-3H3,(H2,23,24)/p+1. The zero-order chi connectivity index (χ0) is 17.3. The zero-order valence-electron chi connectivity index (χ0n) is 14.9. The molecule has 3 nitrogen and oxygen atoms in total. The summed E-state index contributed by atoms with van der Waals surface area (Å²) >= 11 is 0. The maximum Gasteiger partial charge on any atom is 0.289 e. The number of H-pyrrole nitrogens is 1. The number of aromatic nitrogens is 1. The number of anilines is 1. The highest BCUT2D eigenvalue weighted by atomic mass is 14.9. The first-order valence-electron chi connectivity index (χ1n) is 8.87. The van der Waals surface area contributed by atoms with Crippen molar-refractivity contribution in [2.75, 3.05) is 5.73 Å². The number of nitrogen functional groups attached to an aromatic ring is 1. The van der Waals surface area contributed by atoms with Gasteiger partial charge in [-0.3, -0.25) is 5.73 Å². The number of nitrogens with one attached hydrogen (secondary N) is 1. The Morgan fingerprint density at radius 1 is 0.958 bits per heavy atom. The van der Waals surface area contributed by atoms with Crippen LogP contribution >= 0.6 is 0 Å². The van der Waals surface area contributed by atoms with Gasteiger partial charge in [0.05, 0.1) is 0 Å². The van der Waals surface area contributed by atoms with E-state index in [-0.39, 0.29) is 0 Å². The largest absolute Gasteiger partial charge is 0.289 e. The number of benzene rings is 1. The Morgan fingerprint density at radius 2 is 1.58 bits per heavy atom. The number of aryl methyl sites for hydroxylation is 4. The van der Waals surface area contributed by atoms with E-state index in [9.17, 15) is 5.26 Å². The lowest BCUT2D eigenvalue weighted by atomic mass is 9.84. The molecular formula is C21H26N3+. The molecule has 0 saturated heterocycles. The van der Waals surface area contributed by atoms with Crippen molar-refractivity contribution < 1.29 is 4.98 Å². The van der Waals surface area contributed by atoms with Crippen molar-refractivity contribution >= 4 is 5.82 Å². The van der Waals surface area contributed by atoms with Gasteiger partial charge in [0, 0.05) is 17.5 Å². The van der Waals surface area contributed by atoms with E-state index in [1.807, 2.05) is 0 Å². The highest BCUT2D eigenvalue weighted by Gasteiger charge is 2.25. The van der Waals surface area contributed by atoms with E-state index in [1.165, 1.54) is 59.2 Å². The summed E-state index contributed by atoms with van der Waals surface area (Å²) in [5, 5.41) is 9.77. The first-order chi connectivity index (χ1) is 11.5. The lowest BCUT2D eigenvalue weighted by Crippen LogP contribution is -2.23. The van der Waals surface area contributed by atoms with Crippen LogP contribution in [0.2, 0.25) is 0 Å². The predicted octanol–water partition coefficient (Wildman–Crippen LogP) is 4.21. The summed E-state index contributed by atoms with van der Waals surface area (Å²) in [6.45, 7) is 6.39. The molecule has 1 aromatic heterocycles. The van der Waals surface area contributed by atoms with Crippen LogP contribution in [0.4, 0.5) is 5.82 Å². The van der Waals surface area contributed by atoms with Crippen LogP contribution in [-0.2, 0) is 12.8 Å². The quantitative estimate of drug-likeness (QED) is 0.855. The molecule has 0 unspecified atom stereocenters. The summed E-state index contributed by atoms with van der Waals surface area (Å²) < 4.78 is 0. The third-order valence-electron chi connectivity index (χ3n) is 5.11. The molecule has 2 aromatic rings.